The van der Waals surface area contributed by atoms with Crippen molar-refractivity contribution in [3.05, 3.63) is 34.9 Å². The number of aliphatic hydroxyl groups excluding tert-OH is 1. The highest BCUT2D eigenvalue weighted by Gasteiger charge is 2.44. The van der Waals surface area contributed by atoms with E-state index in [2.05, 4.69) is 5.32 Å². The molecule has 3 nitrogen and oxygen atoms in total. The van der Waals surface area contributed by atoms with E-state index in [-0.39, 0.29) is 12.7 Å². The van der Waals surface area contributed by atoms with Crippen LogP contribution in [0.3, 0.4) is 0 Å². The normalized spacial score (nSPS) is 16.5. The van der Waals surface area contributed by atoms with E-state index in [0.717, 1.165) is 0 Å². The minimum atomic E-state index is -2.03. The first kappa shape index (κ1) is 12.8. The first-order valence-electron chi connectivity index (χ1n) is 5.16. The van der Waals surface area contributed by atoms with Crippen molar-refractivity contribution in [2.24, 2.45) is 0 Å². The van der Waals surface area contributed by atoms with E-state index in [4.69, 9.17) is 5.11 Å². The molecule has 2 N–H and O–H groups in total. The van der Waals surface area contributed by atoms with Gasteiger partial charge >= 0.3 is 0 Å². The molecule has 0 radical (unpaired) electrons. The topological polar surface area (TPSA) is 49.3 Å². The van der Waals surface area contributed by atoms with Crippen molar-refractivity contribution >= 4 is 5.91 Å². The second-order valence-electron chi connectivity index (χ2n) is 4.24. The van der Waals surface area contributed by atoms with E-state index < -0.39 is 40.3 Å². The molecule has 1 fully saturated rings. The standard InChI is InChI=1S/C11H9F4NO2/c12-6-3-5(7(13)9(15)8(6)14)10(18)16-11(4-17)1-2-11/h3,17H,1-2,4H2,(H,16,18). The number of benzene rings is 1. The van der Waals surface area contributed by atoms with Crippen LogP contribution >= 0.6 is 0 Å². The summed E-state index contributed by atoms with van der Waals surface area (Å²) in [6, 6.07) is 0.288. The molecule has 0 atom stereocenters. The van der Waals surface area contributed by atoms with Crippen molar-refractivity contribution in [1.29, 1.82) is 0 Å². The van der Waals surface area contributed by atoms with Crippen LogP contribution in [0, 0.1) is 23.3 Å². The molecule has 0 aromatic heterocycles. The second kappa shape index (κ2) is 4.24. The van der Waals surface area contributed by atoms with Gasteiger partial charge in [0.1, 0.15) is 0 Å². The van der Waals surface area contributed by atoms with Gasteiger partial charge in [-0.1, -0.05) is 0 Å². The predicted octanol–water partition coefficient (Wildman–Crippen LogP) is 1.50. The molecule has 1 aromatic carbocycles. The molecule has 0 unspecified atom stereocenters. The van der Waals surface area contributed by atoms with Gasteiger partial charge in [0, 0.05) is 0 Å². The monoisotopic (exact) mass is 263 g/mol. The number of carbonyl (C=O) groups excluding carboxylic acids is 1. The van der Waals surface area contributed by atoms with E-state index in [1.807, 2.05) is 0 Å². The quantitative estimate of drug-likeness (QED) is 0.493. The summed E-state index contributed by atoms with van der Waals surface area (Å²) in [5, 5.41) is 11.2. The lowest BCUT2D eigenvalue weighted by Crippen LogP contribution is -2.40. The highest BCUT2D eigenvalue weighted by Crippen LogP contribution is 2.35. The van der Waals surface area contributed by atoms with Gasteiger partial charge in [-0.05, 0) is 18.9 Å². The van der Waals surface area contributed by atoms with Gasteiger partial charge in [0.25, 0.3) is 5.91 Å². The Labute approximate surface area is 99.4 Å². The highest BCUT2D eigenvalue weighted by atomic mass is 19.2. The Bertz CT molecular complexity index is 514. The maximum Gasteiger partial charge on any atom is 0.254 e. The number of nitrogens with one attached hydrogen (secondary N) is 1. The van der Waals surface area contributed by atoms with Crippen LogP contribution in [0.25, 0.3) is 0 Å². The van der Waals surface area contributed by atoms with Gasteiger partial charge in [0.05, 0.1) is 17.7 Å². The smallest absolute Gasteiger partial charge is 0.254 e. The van der Waals surface area contributed by atoms with Crippen LogP contribution in [0.1, 0.15) is 23.2 Å². The number of rotatable bonds is 3. The van der Waals surface area contributed by atoms with Gasteiger partial charge < -0.3 is 10.4 Å². The Morgan fingerprint density at radius 2 is 1.83 bits per heavy atom. The largest absolute Gasteiger partial charge is 0.394 e. The van der Waals surface area contributed by atoms with Crippen molar-refractivity contribution in [2.45, 2.75) is 18.4 Å². The lowest BCUT2D eigenvalue weighted by Gasteiger charge is -2.14. The van der Waals surface area contributed by atoms with Crippen molar-refractivity contribution in [2.75, 3.05) is 6.61 Å². The molecule has 1 saturated carbocycles. The van der Waals surface area contributed by atoms with Gasteiger partial charge in [-0.2, -0.15) is 0 Å². The van der Waals surface area contributed by atoms with Crippen LogP contribution in [0.2, 0.25) is 0 Å². The van der Waals surface area contributed by atoms with Crippen molar-refractivity contribution in [1.82, 2.24) is 5.32 Å². The summed E-state index contributed by atoms with van der Waals surface area (Å²) in [7, 11) is 0. The Kier molecular flexibility index (Phi) is 3.02. The number of amides is 1. The molecular weight excluding hydrogens is 254 g/mol. The van der Waals surface area contributed by atoms with Crippen LogP contribution < -0.4 is 5.32 Å². The highest BCUT2D eigenvalue weighted by molar-refractivity contribution is 5.95. The minimum Gasteiger partial charge on any atom is -0.394 e. The molecule has 1 amide bonds. The fourth-order valence-corrected chi connectivity index (χ4v) is 1.52. The summed E-state index contributed by atoms with van der Waals surface area (Å²) in [5.74, 6) is -8.48. The van der Waals surface area contributed by atoms with Crippen molar-refractivity contribution in [3.63, 3.8) is 0 Å². The maximum atomic E-state index is 13.3. The maximum absolute atomic E-state index is 13.3. The van der Waals surface area contributed by atoms with Crippen molar-refractivity contribution in [3.8, 4) is 0 Å². The van der Waals surface area contributed by atoms with Gasteiger partial charge in [0.2, 0.25) is 0 Å². The summed E-state index contributed by atoms with van der Waals surface area (Å²) >= 11 is 0. The van der Waals surface area contributed by atoms with Crippen LogP contribution in [0.4, 0.5) is 17.6 Å². The summed E-state index contributed by atoms with van der Waals surface area (Å²) in [5.41, 5.74) is -1.78. The van der Waals surface area contributed by atoms with E-state index in [9.17, 15) is 22.4 Å². The molecule has 1 aromatic rings. The number of halogens is 4. The summed E-state index contributed by atoms with van der Waals surface area (Å²) in [6.07, 6.45) is 0.978. The molecule has 98 valence electrons. The number of hydrogen-bond acceptors (Lipinski definition) is 2. The van der Waals surface area contributed by atoms with E-state index in [1.54, 1.807) is 0 Å². The van der Waals surface area contributed by atoms with Gasteiger partial charge in [-0.15, -0.1) is 0 Å². The van der Waals surface area contributed by atoms with Crippen LogP contribution in [-0.4, -0.2) is 23.2 Å². The fourth-order valence-electron chi connectivity index (χ4n) is 1.52. The van der Waals surface area contributed by atoms with E-state index >= 15 is 0 Å². The number of carbonyl (C=O) groups is 1. The zero-order valence-electron chi connectivity index (χ0n) is 9.07. The first-order chi connectivity index (χ1) is 8.40. The third-order valence-corrected chi connectivity index (χ3v) is 2.88. The summed E-state index contributed by atoms with van der Waals surface area (Å²) in [6.45, 7) is -0.355. The van der Waals surface area contributed by atoms with E-state index in [1.165, 1.54) is 0 Å². The molecule has 0 heterocycles. The average Bonchev–Trinajstić information content (AvgIpc) is 3.11. The third kappa shape index (κ3) is 2.05. The third-order valence-electron chi connectivity index (χ3n) is 2.88. The molecule has 1 aliphatic rings. The molecule has 0 aliphatic heterocycles. The molecule has 0 bridgehead atoms. The molecule has 18 heavy (non-hydrogen) atoms. The predicted molar refractivity (Wildman–Crippen MR) is 52.8 cm³/mol. The van der Waals surface area contributed by atoms with Gasteiger partial charge in [-0.3, -0.25) is 4.79 Å². The Morgan fingerprint density at radius 1 is 1.22 bits per heavy atom. The molecule has 1 aliphatic carbocycles. The van der Waals surface area contributed by atoms with Crippen LogP contribution in [0.15, 0.2) is 6.07 Å². The molecular formula is C11H9F4NO2. The first-order valence-corrected chi connectivity index (χ1v) is 5.16. The second-order valence-corrected chi connectivity index (χ2v) is 4.24. The lowest BCUT2D eigenvalue weighted by molar-refractivity contribution is 0.0900. The average molecular weight is 263 g/mol. The molecule has 0 saturated heterocycles. The molecule has 0 spiro atoms. The number of hydrogen-bond donors (Lipinski definition) is 2. The van der Waals surface area contributed by atoms with Crippen LogP contribution in [0.5, 0.6) is 0 Å². The SMILES string of the molecule is O=C(NC1(CO)CC1)c1cc(F)c(F)c(F)c1F. The number of aliphatic hydroxyl groups is 1. The Balaban J connectivity index is 2.31. The van der Waals surface area contributed by atoms with Crippen molar-refractivity contribution < 1.29 is 27.5 Å². The van der Waals surface area contributed by atoms with Gasteiger partial charge in [0.15, 0.2) is 23.3 Å². The minimum absolute atomic E-state index is 0.288. The molecule has 2 rings (SSSR count). The Morgan fingerprint density at radius 3 is 2.33 bits per heavy atom. The van der Waals surface area contributed by atoms with E-state index in [0.29, 0.717) is 12.8 Å². The van der Waals surface area contributed by atoms with Crippen LogP contribution in [-0.2, 0) is 0 Å². The van der Waals surface area contributed by atoms with Gasteiger partial charge in [-0.25, -0.2) is 17.6 Å². The molecule has 7 heteroatoms. The lowest BCUT2D eigenvalue weighted by atomic mass is 10.1. The summed E-state index contributed by atoms with van der Waals surface area (Å²) < 4.78 is 51.8. The summed E-state index contributed by atoms with van der Waals surface area (Å²) in [4.78, 5) is 11.6. The zero-order valence-corrected chi connectivity index (χ0v) is 9.07. The zero-order chi connectivity index (χ0) is 13.5. The fraction of sp³-hybridized carbons (Fsp3) is 0.364. The Hall–Kier alpha value is -1.63.